The number of hydrogen-bond donors (Lipinski definition) is 0. The Labute approximate surface area is 107 Å². The van der Waals surface area contributed by atoms with Gasteiger partial charge in [-0.05, 0) is 18.1 Å². The van der Waals surface area contributed by atoms with Crippen molar-refractivity contribution in [1.29, 1.82) is 0 Å². The van der Waals surface area contributed by atoms with Gasteiger partial charge in [-0.1, -0.05) is 32.0 Å². The largest absolute Gasteiger partial charge is 0.471 e. The highest BCUT2D eigenvalue weighted by atomic mass is 16.5. The standard InChI is InChI=1S/C14H17NO3/c1-9(2)12-11(14(16)17-3)15-13(18-12)10-7-5-4-6-8-10/h4-9,11-12H,1-3H3. The molecule has 0 bridgehead atoms. The van der Waals surface area contributed by atoms with Gasteiger partial charge >= 0.3 is 5.97 Å². The zero-order valence-electron chi connectivity index (χ0n) is 10.8. The number of rotatable bonds is 3. The minimum Gasteiger partial charge on any atom is -0.471 e. The Bertz CT molecular complexity index is 453. The summed E-state index contributed by atoms with van der Waals surface area (Å²) in [5.41, 5.74) is 0.884. The van der Waals surface area contributed by atoms with Gasteiger partial charge in [0.25, 0.3) is 0 Å². The average Bonchev–Trinajstić information content (AvgIpc) is 2.84. The van der Waals surface area contributed by atoms with Crippen LogP contribution in [0.25, 0.3) is 0 Å². The number of carbonyl (C=O) groups is 1. The van der Waals surface area contributed by atoms with Crippen LogP contribution in [0.5, 0.6) is 0 Å². The minimum atomic E-state index is -0.565. The van der Waals surface area contributed by atoms with Crippen molar-refractivity contribution in [3.63, 3.8) is 0 Å². The van der Waals surface area contributed by atoms with Crippen LogP contribution in [0, 0.1) is 5.92 Å². The number of methoxy groups -OCH3 is 1. The molecule has 0 amide bonds. The van der Waals surface area contributed by atoms with Crippen molar-refractivity contribution in [3.05, 3.63) is 35.9 Å². The lowest BCUT2D eigenvalue weighted by molar-refractivity contribution is -0.144. The fraction of sp³-hybridized carbons (Fsp3) is 0.429. The molecule has 0 N–H and O–H groups in total. The summed E-state index contributed by atoms with van der Waals surface area (Å²) in [6.07, 6.45) is -0.257. The highest BCUT2D eigenvalue weighted by molar-refractivity contribution is 5.98. The zero-order chi connectivity index (χ0) is 13.1. The Hall–Kier alpha value is -1.84. The lowest BCUT2D eigenvalue weighted by atomic mass is 10.0. The van der Waals surface area contributed by atoms with Crippen molar-refractivity contribution in [1.82, 2.24) is 0 Å². The van der Waals surface area contributed by atoms with Crippen LogP contribution in [0.1, 0.15) is 19.4 Å². The van der Waals surface area contributed by atoms with Crippen molar-refractivity contribution in [2.75, 3.05) is 7.11 Å². The summed E-state index contributed by atoms with van der Waals surface area (Å²) in [7, 11) is 1.37. The lowest BCUT2D eigenvalue weighted by Crippen LogP contribution is -2.35. The van der Waals surface area contributed by atoms with Crippen molar-refractivity contribution in [2.45, 2.75) is 26.0 Å². The van der Waals surface area contributed by atoms with Crippen molar-refractivity contribution >= 4 is 11.9 Å². The first-order valence-electron chi connectivity index (χ1n) is 6.01. The summed E-state index contributed by atoms with van der Waals surface area (Å²) < 4.78 is 10.6. The van der Waals surface area contributed by atoms with Crippen LogP contribution in [-0.2, 0) is 14.3 Å². The van der Waals surface area contributed by atoms with E-state index in [4.69, 9.17) is 9.47 Å². The molecule has 1 heterocycles. The van der Waals surface area contributed by atoms with Crippen LogP contribution >= 0.6 is 0 Å². The van der Waals surface area contributed by atoms with E-state index in [9.17, 15) is 4.79 Å². The van der Waals surface area contributed by atoms with Gasteiger partial charge in [-0.2, -0.15) is 0 Å². The molecular formula is C14H17NO3. The van der Waals surface area contributed by atoms with Gasteiger partial charge in [-0.25, -0.2) is 9.79 Å². The van der Waals surface area contributed by atoms with E-state index in [-0.39, 0.29) is 18.0 Å². The number of nitrogens with zero attached hydrogens (tertiary/aromatic N) is 1. The number of ether oxygens (including phenoxy) is 2. The Kier molecular flexibility index (Phi) is 3.65. The molecule has 0 radical (unpaired) electrons. The number of hydrogen-bond acceptors (Lipinski definition) is 4. The second kappa shape index (κ2) is 5.21. The number of esters is 1. The van der Waals surface area contributed by atoms with E-state index in [1.54, 1.807) is 0 Å². The van der Waals surface area contributed by atoms with Crippen LogP contribution in [0.2, 0.25) is 0 Å². The quantitative estimate of drug-likeness (QED) is 0.768. The van der Waals surface area contributed by atoms with Crippen molar-refractivity contribution < 1.29 is 14.3 Å². The molecule has 0 fully saturated rings. The van der Waals surface area contributed by atoms with E-state index < -0.39 is 6.04 Å². The SMILES string of the molecule is COC(=O)C1N=C(c2ccccc2)OC1C(C)C. The maximum Gasteiger partial charge on any atom is 0.334 e. The first kappa shape index (κ1) is 12.6. The smallest absolute Gasteiger partial charge is 0.334 e. The maximum atomic E-state index is 11.7. The first-order chi connectivity index (χ1) is 8.63. The Balaban J connectivity index is 2.27. The van der Waals surface area contributed by atoms with Crippen LogP contribution in [0.15, 0.2) is 35.3 Å². The third-order valence-corrected chi connectivity index (χ3v) is 2.94. The third-order valence-electron chi connectivity index (χ3n) is 2.94. The molecule has 2 unspecified atom stereocenters. The summed E-state index contributed by atoms with van der Waals surface area (Å²) in [5.74, 6) is 0.364. The van der Waals surface area contributed by atoms with Crippen molar-refractivity contribution in [2.24, 2.45) is 10.9 Å². The normalized spacial score (nSPS) is 22.6. The van der Waals surface area contributed by atoms with Gasteiger partial charge in [0.15, 0.2) is 6.04 Å². The molecule has 4 heteroatoms. The third kappa shape index (κ3) is 2.37. The van der Waals surface area contributed by atoms with E-state index in [0.29, 0.717) is 5.90 Å². The molecule has 2 rings (SSSR count). The molecule has 1 aliphatic rings. The fourth-order valence-electron chi connectivity index (χ4n) is 1.96. The van der Waals surface area contributed by atoms with Crippen LogP contribution in [0.4, 0.5) is 0 Å². The number of benzene rings is 1. The first-order valence-corrected chi connectivity index (χ1v) is 6.01. The van der Waals surface area contributed by atoms with E-state index in [0.717, 1.165) is 5.56 Å². The van der Waals surface area contributed by atoms with Crippen molar-refractivity contribution in [3.8, 4) is 0 Å². The van der Waals surface area contributed by atoms with Gasteiger partial charge in [-0.15, -0.1) is 0 Å². The Morgan fingerprint density at radius 1 is 1.33 bits per heavy atom. The summed E-state index contributed by atoms with van der Waals surface area (Å²) in [4.78, 5) is 16.0. The molecule has 0 aliphatic carbocycles. The van der Waals surface area contributed by atoms with Gasteiger partial charge in [0.05, 0.1) is 7.11 Å². The molecule has 4 nitrogen and oxygen atoms in total. The highest BCUT2D eigenvalue weighted by Gasteiger charge is 2.39. The summed E-state index contributed by atoms with van der Waals surface area (Å²) >= 11 is 0. The number of carbonyl (C=O) groups excluding carboxylic acids is 1. The Morgan fingerprint density at radius 2 is 2.00 bits per heavy atom. The van der Waals surface area contributed by atoms with E-state index >= 15 is 0 Å². The molecule has 18 heavy (non-hydrogen) atoms. The second-order valence-corrected chi connectivity index (χ2v) is 4.59. The molecular weight excluding hydrogens is 230 g/mol. The second-order valence-electron chi connectivity index (χ2n) is 4.59. The predicted octanol–water partition coefficient (Wildman–Crippen LogP) is 2.03. The molecule has 1 aromatic rings. The monoisotopic (exact) mass is 247 g/mol. The van der Waals surface area contributed by atoms with Gasteiger partial charge in [-0.3, -0.25) is 0 Å². The minimum absolute atomic E-state index is 0.194. The Morgan fingerprint density at radius 3 is 2.56 bits per heavy atom. The molecule has 1 aromatic carbocycles. The van der Waals surface area contributed by atoms with Gasteiger partial charge in [0.2, 0.25) is 5.90 Å². The van der Waals surface area contributed by atoms with Gasteiger partial charge in [0, 0.05) is 5.56 Å². The molecule has 0 saturated carbocycles. The van der Waals surface area contributed by atoms with Crippen LogP contribution in [-0.4, -0.2) is 31.1 Å². The zero-order valence-corrected chi connectivity index (χ0v) is 10.8. The summed E-state index contributed by atoms with van der Waals surface area (Å²) in [5, 5.41) is 0. The van der Waals surface area contributed by atoms with E-state index in [1.807, 2.05) is 44.2 Å². The predicted molar refractivity (Wildman–Crippen MR) is 68.5 cm³/mol. The van der Waals surface area contributed by atoms with E-state index in [2.05, 4.69) is 4.99 Å². The highest BCUT2D eigenvalue weighted by Crippen LogP contribution is 2.24. The molecule has 1 aliphatic heterocycles. The number of aliphatic imine (C=N–C) groups is 1. The maximum absolute atomic E-state index is 11.7. The topological polar surface area (TPSA) is 47.9 Å². The van der Waals surface area contributed by atoms with Gasteiger partial charge < -0.3 is 9.47 Å². The van der Waals surface area contributed by atoms with Crippen LogP contribution in [0.3, 0.4) is 0 Å². The molecule has 0 spiro atoms. The summed E-state index contributed by atoms with van der Waals surface area (Å²) in [6.45, 7) is 4.01. The molecule has 0 saturated heterocycles. The molecule has 96 valence electrons. The van der Waals surface area contributed by atoms with Gasteiger partial charge in [0.1, 0.15) is 6.10 Å². The van der Waals surface area contributed by atoms with E-state index in [1.165, 1.54) is 7.11 Å². The van der Waals surface area contributed by atoms with Crippen LogP contribution < -0.4 is 0 Å². The lowest BCUT2D eigenvalue weighted by Gasteiger charge is -2.19. The fourth-order valence-corrected chi connectivity index (χ4v) is 1.96. The molecule has 0 aromatic heterocycles. The average molecular weight is 247 g/mol. The summed E-state index contributed by atoms with van der Waals surface area (Å²) in [6, 6.07) is 9.02. The molecule has 2 atom stereocenters.